The highest BCUT2D eigenvalue weighted by molar-refractivity contribution is 4.95. The first-order chi connectivity index (χ1) is 6.00. The van der Waals surface area contributed by atoms with Gasteiger partial charge in [-0.15, -0.1) is 0 Å². The second-order valence-corrected chi connectivity index (χ2v) is 3.08. The van der Waals surface area contributed by atoms with Crippen LogP contribution in [0.2, 0.25) is 0 Å². The summed E-state index contributed by atoms with van der Waals surface area (Å²) in [4.78, 5) is 0. The Balaban J connectivity index is 2.31. The third-order valence-corrected chi connectivity index (χ3v) is 1.95. The standard InChI is InChI=1S/C12H17/c1-2-4-6-8-10-12-11-9-7-5-3-1/h1-2,5,7,12H,3-4,6,8-10H2/b2-1+,7-5+,12-11?. The van der Waals surface area contributed by atoms with Gasteiger partial charge in [-0.3, -0.25) is 0 Å². The Kier molecular flexibility index (Phi) is 5.35. The van der Waals surface area contributed by atoms with Crippen molar-refractivity contribution in [2.45, 2.75) is 38.5 Å². The van der Waals surface area contributed by atoms with Crippen LogP contribution in [0.5, 0.6) is 0 Å². The number of rotatable bonds is 0. The Labute approximate surface area is 75.7 Å². The summed E-state index contributed by atoms with van der Waals surface area (Å²) in [5, 5.41) is 0. The highest BCUT2D eigenvalue weighted by Crippen LogP contribution is 2.03. The first-order valence-corrected chi connectivity index (χ1v) is 4.85. The molecule has 0 nitrogen and oxygen atoms in total. The fourth-order valence-electron chi connectivity index (χ4n) is 1.23. The maximum atomic E-state index is 3.27. The van der Waals surface area contributed by atoms with Crippen molar-refractivity contribution in [3.8, 4) is 0 Å². The van der Waals surface area contributed by atoms with Crippen molar-refractivity contribution in [2.75, 3.05) is 0 Å². The highest BCUT2D eigenvalue weighted by Gasteiger charge is 1.84. The fraction of sp³-hybridized carbons (Fsp3) is 0.500. The van der Waals surface area contributed by atoms with Crippen LogP contribution in [0, 0.1) is 6.08 Å². The molecule has 12 heavy (non-hydrogen) atoms. The minimum atomic E-state index is 0.980. The van der Waals surface area contributed by atoms with Gasteiger partial charge in [-0.05, 0) is 44.6 Å². The molecule has 65 valence electrons. The smallest absolute Gasteiger partial charge is 0.00978 e. The molecule has 0 aromatic rings. The lowest BCUT2D eigenvalue weighted by Crippen LogP contribution is -1.74. The van der Waals surface area contributed by atoms with Gasteiger partial charge in [-0.2, -0.15) is 0 Å². The van der Waals surface area contributed by atoms with E-state index in [0.717, 1.165) is 12.8 Å². The molecule has 1 rings (SSSR count). The van der Waals surface area contributed by atoms with E-state index in [9.17, 15) is 0 Å². The van der Waals surface area contributed by atoms with E-state index in [1.165, 1.54) is 25.7 Å². The maximum Gasteiger partial charge on any atom is -0.00978 e. The minimum Gasteiger partial charge on any atom is -0.0882 e. The molecule has 0 heteroatoms. The summed E-state index contributed by atoms with van der Waals surface area (Å²) in [6.45, 7) is 0. The lowest BCUT2D eigenvalue weighted by Gasteiger charge is -1.93. The second-order valence-electron chi connectivity index (χ2n) is 3.08. The third kappa shape index (κ3) is 4.95. The van der Waals surface area contributed by atoms with Crippen LogP contribution in [-0.4, -0.2) is 0 Å². The molecule has 0 aliphatic heterocycles. The summed E-state index contributed by atoms with van der Waals surface area (Å²) in [6, 6.07) is 0. The van der Waals surface area contributed by atoms with Crippen molar-refractivity contribution in [1.82, 2.24) is 0 Å². The van der Waals surface area contributed by atoms with Crippen molar-refractivity contribution in [3.05, 3.63) is 36.5 Å². The van der Waals surface area contributed by atoms with Crippen molar-refractivity contribution in [1.29, 1.82) is 0 Å². The van der Waals surface area contributed by atoms with Gasteiger partial charge in [0.2, 0.25) is 0 Å². The first kappa shape index (κ1) is 9.31. The monoisotopic (exact) mass is 161 g/mol. The first-order valence-electron chi connectivity index (χ1n) is 4.85. The van der Waals surface area contributed by atoms with E-state index in [1.807, 2.05) is 0 Å². The maximum absolute atomic E-state index is 3.27. The van der Waals surface area contributed by atoms with Gasteiger partial charge in [0.15, 0.2) is 0 Å². The lowest BCUT2D eigenvalue weighted by molar-refractivity contribution is 0.759. The summed E-state index contributed by atoms with van der Waals surface area (Å²) in [6.07, 6.45) is 21.5. The quantitative estimate of drug-likeness (QED) is 0.474. The van der Waals surface area contributed by atoms with Crippen LogP contribution in [-0.2, 0) is 0 Å². The Morgan fingerprint density at radius 1 is 0.833 bits per heavy atom. The minimum absolute atomic E-state index is 0.980. The molecule has 0 atom stereocenters. The number of hydrogen-bond acceptors (Lipinski definition) is 0. The lowest BCUT2D eigenvalue weighted by atomic mass is 10.1. The topological polar surface area (TPSA) is 0 Å². The van der Waals surface area contributed by atoms with Crippen LogP contribution in [0.3, 0.4) is 0 Å². The summed E-state index contributed by atoms with van der Waals surface area (Å²) in [5.74, 6) is 0. The molecule has 0 heterocycles. The molecule has 0 bridgehead atoms. The molecule has 0 saturated heterocycles. The molecule has 0 saturated carbocycles. The number of allylic oxidation sites excluding steroid dienone is 6. The zero-order valence-electron chi connectivity index (χ0n) is 7.63. The third-order valence-electron chi connectivity index (χ3n) is 1.95. The van der Waals surface area contributed by atoms with E-state index in [1.54, 1.807) is 0 Å². The van der Waals surface area contributed by atoms with Gasteiger partial charge in [0.1, 0.15) is 0 Å². The Morgan fingerprint density at radius 3 is 2.67 bits per heavy atom. The van der Waals surface area contributed by atoms with Crippen LogP contribution in [0.1, 0.15) is 38.5 Å². The van der Waals surface area contributed by atoms with Gasteiger partial charge in [0, 0.05) is 0 Å². The number of hydrogen-bond donors (Lipinski definition) is 0. The summed E-state index contributed by atoms with van der Waals surface area (Å²) in [7, 11) is 0. The molecule has 1 aliphatic carbocycles. The Bertz CT molecular complexity index is 152. The second kappa shape index (κ2) is 6.90. The molecule has 0 aromatic carbocycles. The van der Waals surface area contributed by atoms with Crippen LogP contribution < -0.4 is 0 Å². The van der Waals surface area contributed by atoms with Crippen molar-refractivity contribution in [3.63, 3.8) is 0 Å². The van der Waals surface area contributed by atoms with E-state index < -0.39 is 0 Å². The summed E-state index contributed by atoms with van der Waals surface area (Å²) < 4.78 is 0. The van der Waals surface area contributed by atoms with Crippen LogP contribution >= 0.6 is 0 Å². The van der Waals surface area contributed by atoms with E-state index in [-0.39, 0.29) is 0 Å². The average molecular weight is 161 g/mol. The van der Waals surface area contributed by atoms with Crippen molar-refractivity contribution < 1.29 is 0 Å². The summed E-state index contributed by atoms with van der Waals surface area (Å²) >= 11 is 0. The zero-order valence-corrected chi connectivity index (χ0v) is 7.63. The van der Waals surface area contributed by atoms with Crippen LogP contribution in [0.15, 0.2) is 30.4 Å². The Morgan fingerprint density at radius 2 is 1.67 bits per heavy atom. The average Bonchev–Trinajstić information content (AvgIpc) is 2.05. The van der Waals surface area contributed by atoms with Gasteiger partial charge in [0.05, 0.1) is 0 Å². The molecule has 1 radical (unpaired) electrons. The fourth-order valence-corrected chi connectivity index (χ4v) is 1.23. The molecule has 0 spiro atoms. The van der Waals surface area contributed by atoms with Crippen LogP contribution in [0.25, 0.3) is 0 Å². The molecular weight excluding hydrogens is 144 g/mol. The predicted octanol–water partition coefficient (Wildman–Crippen LogP) is 3.81. The molecule has 1 aliphatic rings. The van der Waals surface area contributed by atoms with Crippen molar-refractivity contribution in [2.24, 2.45) is 0 Å². The molecule has 0 N–H and O–H groups in total. The van der Waals surface area contributed by atoms with Gasteiger partial charge in [0.25, 0.3) is 0 Å². The predicted molar refractivity (Wildman–Crippen MR) is 53.8 cm³/mol. The van der Waals surface area contributed by atoms with Gasteiger partial charge < -0.3 is 0 Å². The van der Waals surface area contributed by atoms with E-state index in [2.05, 4.69) is 36.5 Å². The largest absolute Gasteiger partial charge is 0.0882 e. The van der Waals surface area contributed by atoms with Gasteiger partial charge >= 0.3 is 0 Å². The van der Waals surface area contributed by atoms with Gasteiger partial charge in [-0.1, -0.05) is 30.4 Å². The zero-order chi connectivity index (χ0) is 8.49. The molecule has 0 unspecified atom stereocenters. The molecule has 0 aromatic heterocycles. The molecule has 0 amide bonds. The van der Waals surface area contributed by atoms with E-state index in [4.69, 9.17) is 0 Å². The van der Waals surface area contributed by atoms with Crippen molar-refractivity contribution >= 4 is 0 Å². The highest BCUT2D eigenvalue weighted by atomic mass is 13.9. The van der Waals surface area contributed by atoms with Crippen LogP contribution in [0.4, 0.5) is 0 Å². The molecular formula is C12H17. The van der Waals surface area contributed by atoms with E-state index in [0.29, 0.717) is 0 Å². The van der Waals surface area contributed by atoms with E-state index >= 15 is 0 Å². The van der Waals surface area contributed by atoms with Gasteiger partial charge in [-0.25, -0.2) is 0 Å². The SMILES string of the molecule is [C]1=C\CCCC/C=C/C/C=C/C/1. The Hall–Kier alpha value is -0.780. The summed E-state index contributed by atoms with van der Waals surface area (Å²) in [5.41, 5.74) is 0. The normalized spacial score (nSPS) is 28.0. The molecule has 0 fully saturated rings.